The Balaban J connectivity index is 1.72. The number of ether oxygens (including phenoxy) is 1. The lowest BCUT2D eigenvalue weighted by atomic mass is 9.64. The first kappa shape index (κ1) is 22.1. The molecular weight excluding hydrogens is 382 g/mol. The first-order chi connectivity index (χ1) is 14.1. The molecule has 164 valence electrons. The van der Waals surface area contributed by atoms with Crippen LogP contribution in [0.25, 0.3) is 0 Å². The number of hydrogen-bond acceptors (Lipinski definition) is 4. The molecule has 7 heteroatoms. The van der Waals surface area contributed by atoms with Crippen molar-refractivity contribution < 1.29 is 19.1 Å². The highest BCUT2D eigenvalue weighted by atomic mass is 16.5. The standard InChI is InChI=1S/C23H33N3O4/c1-6-17(16-9-7-8-10-18(16)30-5)24-19(27)13-26-20(28)23(25-21(26)29)12-15(2)11-22(3,4)14-23/h7-10,15,17H,6,11-14H2,1-5H3,(H,24,27)(H,25,29). The Labute approximate surface area is 178 Å². The van der Waals surface area contributed by atoms with E-state index in [-0.39, 0.29) is 29.8 Å². The number of nitrogens with zero attached hydrogens (tertiary/aromatic N) is 1. The molecular formula is C23H33N3O4. The second kappa shape index (κ2) is 8.28. The monoisotopic (exact) mass is 415 g/mol. The average Bonchev–Trinajstić information content (AvgIpc) is 2.87. The van der Waals surface area contributed by atoms with Gasteiger partial charge in [-0.2, -0.15) is 0 Å². The molecule has 3 rings (SSSR count). The van der Waals surface area contributed by atoms with Gasteiger partial charge in [0.05, 0.1) is 13.2 Å². The Kier molecular flexibility index (Phi) is 6.11. The number of amides is 4. The summed E-state index contributed by atoms with van der Waals surface area (Å²) in [5.41, 5.74) is -0.0751. The Hall–Kier alpha value is -2.57. The Bertz CT molecular complexity index is 837. The van der Waals surface area contributed by atoms with Crippen LogP contribution in [0.3, 0.4) is 0 Å². The van der Waals surface area contributed by atoms with E-state index in [4.69, 9.17) is 4.74 Å². The molecule has 1 aromatic carbocycles. The van der Waals surface area contributed by atoms with Crippen LogP contribution in [0.5, 0.6) is 5.75 Å². The van der Waals surface area contributed by atoms with E-state index in [1.54, 1.807) is 7.11 Å². The fourth-order valence-electron chi connectivity index (χ4n) is 5.39. The predicted molar refractivity (Wildman–Crippen MR) is 114 cm³/mol. The van der Waals surface area contributed by atoms with E-state index in [0.717, 1.165) is 16.9 Å². The van der Waals surface area contributed by atoms with Crippen molar-refractivity contribution in [3.8, 4) is 5.75 Å². The highest BCUT2D eigenvalue weighted by molar-refractivity contribution is 6.09. The van der Waals surface area contributed by atoms with E-state index in [0.29, 0.717) is 30.9 Å². The second-order valence-electron chi connectivity index (χ2n) is 9.53. The summed E-state index contributed by atoms with van der Waals surface area (Å²) in [5, 5.41) is 5.86. The smallest absolute Gasteiger partial charge is 0.325 e. The van der Waals surface area contributed by atoms with Crippen LogP contribution in [-0.4, -0.2) is 41.9 Å². The lowest BCUT2D eigenvalue weighted by molar-refractivity contribution is -0.137. The van der Waals surface area contributed by atoms with Crippen LogP contribution in [0.4, 0.5) is 4.79 Å². The molecule has 3 unspecified atom stereocenters. The molecule has 1 aromatic rings. The zero-order valence-corrected chi connectivity index (χ0v) is 18.6. The summed E-state index contributed by atoms with van der Waals surface area (Å²) in [7, 11) is 1.59. The molecule has 1 aliphatic heterocycles. The van der Waals surface area contributed by atoms with Crippen molar-refractivity contribution in [1.29, 1.82) is 0 Å². The van der Waals surface area contributed by atoms with E-state index in [1.807, 2.05) is 31.2 Å². The lowest BCUT2D eigenvalue weighted by Gasteiger charge is -2.43. The van der Waals surface area contributed by atoms with Gasteiger partial charge in [-0.05, 0) is 43.1 Å². The average molecular weight is 416 g/mol. The predicted octanol–water partition coefficient (Wildman–Crippen LogP) is 3.40. The van der Waals surface area contributed by atoms with Crippen molar-refractivity contribution >= 4 is 17.8 Å². The molecule has 30 heavy (non-hydrogen) atoms. The van der Waals surface area contributed by atoms with E-state index >= 15 is 0 Å². The molecule has 1 saturated carbocycles. The number of methoxy groups -OCH3 is 1. The van der Waals surface area contributed by atoms with Gasteiger partial charge >= 0.3 is 6.03 Å². The van der Waals surface area contributed by atoms with Crippen molar-refractivity contribution in [2.24, 2.45) is 11.3 Å². The van der Waals surface area contributed by atoms with Gasteiger partial charge in [-0.3, -0.25) is 14.5 Å². The summed E-state index contributed by atoms with van der Waals surface area (Å²) in [4.78, 5) is 39.7. The second-order valence-corrected chi connectivity index (χ2v) is 9.53. The van der Waals surface area contributed by atoms with Crippen LogP contribution < -0.4 is 15.4 Å². The van der Waals surface area contributed by atoms with E-state index < -0.39 is 11.6 Å². The molecule has 2 N–H and O–H groups in total. The third kappa shape index (κ3) is 4.30. The Morgan fingerprint density at radius 1 is 1.30 bits per heavy atom. The van der Waals surface area contributed by atoms with Crippen LogP contribution in [0.2, 0.25) is 0 Å². The van der Waals surface area contributed by atoms with Crippen LogP contribution in [-0.2, 0) is 9.59 Å². The number of nitrogens with one attached hydrogen (secondary N) is 2. The molecule has 1 aliphatic carbocycles. The first-order valence-electron chi connectivity index (χ1n) is 10.7. The van der Waals surface area contributed by atoms with Crippen molar-refractivity contribution in [3.63, 3.8) is 0 Å². The molecule has 1 spiro atoms. The third-order valence-corrected chi connectivity index (χ3v) is 6.18. The largest absolute Gasteiger partial charge is 0.496 e. The van der Waals surface area contributed by atoms with Gasteiger partial charge in [-0.15, -0.1) is 0 Å². The van der Waals surface area contributed by atoms with Gasteiger partial charge in [0.25, 0.3) is 5.91 Å². The molecule has 2 fully saturated rings. The molecule has 0 aromatic heterocycles. The first-order valence-corrected chi connectivity index (χ1v) is 10.7. The van der Waals surface area contributed by atoms with E-state index in [2.05, 4.69) is 31.4 Å². The number of hydrogen-bond donors (Lipinski definition) is 2. The van der Waals surface area contributed by atoms with Gasteiger partial charge in [-0.25, -0.2) is 4.79 Å². The van der Waals surface area contributed by atoms with Crippen molar-refractivity contribution in [2.45, 2.75) is 65.0 Å². The van der Waals surface area contributed by atoms with Crippen LogP contribution in [0.15, 0.2) is 24.3 Å². The zero-order chi connectivity index (χ0) is 22.1. The maximum Gasteiger partial charge on any atom is 0.325 e. The fraction of sp³-hybridized carbons (Fsp3) is 0.609. The summed E-state index contributed by atoms with van der Waals surface area (Å²) in [5.74, 6) is 0.364. The fourth-order valence-corrected chi connectivity index (χ4v) is 5.39. The molecule has 3 atom stereocenters. The summed E-state index contributed by atoms with van der Waals surface area (Å²) in [6, 6.07) is 6.76. The molecule has 0 bridgehead atoms. The molecule has 2 aliphatic rings. The quantitative estimate of drug-likeness (QED) is 0.697. The zero-order valence-electron chi connectivity index (χ0n) is 18.6. The SMILES string of the molecule is CCC(NC(=O)CN1C(=O)NC2(CC(C)CC(C)(C)C2)C1=O)c1ccccc1OC. The van der Waals surface area contributed by atoms with Gasteiger partial charge in [0.2, 0.25) is 5.91 Å². The number of benzene rings is 1. The van der Waals surface area contributed by atoms with Crippen molar-refractivity contribution in [1.82, 2.24) is 15.5 Å². The van der Waals surface area contributed by atoms with Crippen LogP contribution >= 0.6 is 0 Å². The summed E-state index contributed by atoms with van der Waals surface area (Å²) in [6.45, 7) is 8.03. The topological polar surface area (TPSA) is 87.7 Å². The maximum absolute atomic E-state index is 13.2. The van der Waals surface area contributed by atoms with Gasteiger partial charge in [0.1, 0.15) is 17.8 Å². The van der Waals surface area contributed by atoms with E-state index in [1.165, 1.54) is 0 Å². The van der Waals surface area contributed by atoms with Crippen molar-refractivity contribution in [3.05, 3.63) is 29.8 Å². The molecule has 4 amide bonds. The Morgan fingerprint density at radius 3 is 2.63 bits per heavy atom. The molecule has 1 saturated heterocycles. The molecule has 0 radical (unpaired) electrons. The number of imide groups is 1. The van der Waals surface area contributed by atoms with Crippen LogP contribution in [0, 0.1) is 11.3 Å². The van der Waals surface area contributed by atoms with Gasteiger partial charge in [0.15, 0.2) is 0 Å². The number of para-hydroxylation sites is 1. The number of carbonyl (C=O) groups excluding carboxylic acids is 3. The number of carbonyl (C=O) groups is 3. The summed E-state index contributed by atoms with van der Waals surface area (Å²) >= 11 is 0. The Morgan fingerprint density at radius 2 is 2.00 bits per heavy atom. The minimum Gasteiger partial charge on any atom is -0.496 e. The normalized spacial score (nSPS) is 26.4. The van der Waals surface area contributed by atoms with Gasteiger partial charge < -0.3 is 15.4 Å². The number of rotatable bonds is 6. The highest BCUT2D eigenvalue weighted by Gasteiger charge is 2.56. The molecule has 1 heterocycles. The minimum atomic E-state index is -0.897. The lowest BCUT2D eigenvalue weighted by Crippen LogP contribution is -2.54. The van der Waals surface area contributed by atoms with Gasteiger partial charge in [0, 0.05) is 5.56 Å². The molecule has 7 nitrogen and oxygen atoms in total. The highest BCUT2D eigenvalue weighted by Crippen LogP contribution is 2.46. The number of urea groups is 1. The van der Waals surface area contributed by atoms with Crippen molar-refractivity contribution in [2.75, 3.05) is 13.7 Å². The maximum atomic E-state index is 13.2. The van der Waals surface area contributed by atoms with Gasteiger partial charge in [-0.1, -0.05) is 45.9 Å². The minimum absolute atomic E-state index is 0.0456. The van der Waals surface area contributed by atoms with Crippen LogP contribution in [0.1, 0.15) is 65.0 Å². The third-order valence-electron chi connectivity index (χ3n) is 6.18. The summed E-state index contributed by atoms with van der Waals surface area (Å²) in [6.07, 6.45) is 2.86. The van der Waals surface area contributed by atoms with E-state index in [9.17, 15) is 14.4 Å². The summed E-state index contributed by atoms with van der Waals surface area (Å²) < 4.78 is 5.40.